The van der Waals surface area contributed by atoms with E-state index in [9.17, 15) is 12.8 Å². The first-order valence-corrected chi connectivity index (χ1v) is 7.97. The Morgan fingerprint density at radius 2 is 2.00 bits per heavy atom. The van der Waals surface area contributed by atoms with E-state index in [1.54, 1.807) is 0 Å². The molecule has 0 bridgehead atoms. The first-order chi connectivity index (χ1) is 9.01. The van der Waals surface area contributed by atoms with Gasteiger partial charge in [-0.25, -0.2) is 17.5 Å². The molecule has 0 aliphatic heterocycles. The van der Waals surface area contributed by atoms with E-state index in [0.29, 0.717) is 12.1 Å². The summed E-state index contributed by atoms with van der Waals surface area (Å²) in [5.74, 6) is -0.580. The molecular weight excluding hydrogens is 267 g/mol. The van der Waals surface area contributed by atoms with Crippen molar-refractivity contribution in [2.45, 2.75) is 44.0 Å². The second kappa shape index (κ2) is 7.57. The van der Waals surface area contributed by atoms with Crippen LogP contribution in [0.1, 0.15) is 38.2 Å². The van der Waals surface area contributed by atoms with Gasteiger partial charge in [0.2, 0.25) is 10.0 Å². The van der Waals surface area contributed by atoms with Gasteiger partial charge in [-0.1, -0.05) is 32.3 Å². The summed E-state index contributed by atoms with van der Waals surface area (Å²) in [7, 11) is -3.68. The molecule has 0 saturated carbocycles. The zero-order valence-corrected chi connectivity index (χ0v) is 12.0. The van der Waals surface area contributed by atoms with E-state index in [-0.39, 0.29) is 11.4 Å². The summed E-state index contributed by atoms with van der Waals surface area (Å²) >= 11 is 0. The molecule has 0 fully saturated rings. The molecule has 0 atom stereocenters. The molecule has 4 nitrogen and oxygen atoms in total. The predicted octanol–water partition coefficient (Wildman–Crippen LogP) is 2.14. The molecule has 0 saturated heterocycles. The predicted molar refractivity (Wildman–Crippen MR) is 73.6 cm³/mol. The summed E-state index contributed by atoms with van der Waals surface area (Å²) in [6, 6.07) is 3.63. The standard InChI is InChI=1S/C13H21FN2O2S/c1-2-3-4-5-8-16-19(17,18)13-9-12(14)7-6-11(13)10-15/h6-7,9,16H,2-5,8,10,15H2,1H3. The van der Waals surface area contributed by atoms with Crippen LogP contribution in [0.15, 0.2) is 23.1 Å². The highest BCUT2D eigenvalue weighted by Crippen LogP contribution is 2.16. The third kappa shape index (κ3) is 4.89. The number of benzene rings is 1. The van der Waals surface area contributed by atoms with Crippen molar-refractivity contribution in [3.8, 4) is 0 Å². The lowest BCUT2D eigenvalue weighted by Crippen LogP contribution is -2.26. The van der Waals surface area contributed by atoms with E-state index in [0.717, 1.165) is 31.7 Å². The summed E-state index contributed by atoms with van der Waals surface area (Å²) < 4.78 is 39.8. The molecule has 1 aromatic rings. The summed E-state index contributed by atoms with van der Waals surface area (Å²) in [6.45, 7) is 2.51. The summed E-state index contributed by atoms with van der Waals surface area (Å²) in [6.07, 6.45) is 3.93. The minimum Gasteiger partial charge on any atom is -0.326 e. The number of halogens is 1. The molecule has 0 aromatic heterocycles. The molecule has 0 aliphatic carbocycles. The van der Waals surface area contributed by atoms with Crippen LogP contribution in [0.2, 0.25) is 0 Å². The lowest BCUT2D eigenvalue weighted by atomic mass is 10.2. The van der Waals surface area contributed by atoms with Crippen molar-refractivity contribution in [3.63, 3.8) is 0 Å². The van der Waals surface area contributed by atoms with Crippen molar-refractivity contribution in [2.75, 3.05) is 6.54 Å². The van der Waals surface area contributed by atoms with Gasteiger partial charge in [0, 0.05) is 13.1 Å². The second-order valence-corrected chi connectivity index (χ2v) is 6.15. The third-order valence-corrected chi connectivity index (χ3v) is 4.40. The summed E-state index contributed by atoms with van der Waals surface area (Å²) in [5.41, 5.74) is 5.90. The van der Waals surface area contributed by atoms with Crippen molar-refractivity contribution in [1.29, 1.82) is 0 Å². The Morgan fingerprint density at radius 1 is 1.26 bits per heavy atom. The molecule has 6 heteroatoms. The molecule has 3 N–H and O–H groups in total. The van der Waals surface area contributed by atoms with Gasteiger partial charge in [0.25, 0.3) is 0 Å². The first-order valence-electron chi connectivity index (χ1n) is 6.49. The van der Waals surface area contributed by atoms with E-state index in [4.69, 9.17) is 5.73 Å². The Kier molecular flexibility index (Phi) is 6.41. The van der Waals surface area contributed by atoms with Crippen molar-refractivity contribution in [3.05, 3.63) is 29.6 Å². The Balaban J connectivity index is 2.74. The van der Waals surface area contributed by atoms with Crippen molar-refractivity contribution in [2.24, 2.45) is 5.73 Å². The summed E-state index contributed by atoms with van der Waals surface area (Å²) in [5, 5.41) is 0. The maximum Gasteiger partial charge on any atom is 0.240 e. The van der Waals surface area contributed by atoms with Crippen LogP contribution < -0.4 is 10.5 Å². The Hall–Kier alpha value is -0.980. The van der Waals surface area contributed by atoms with Gasteiger partial charge in [0.1, 0.15) is 5.82 Å². The van der Waals surface area contributed by atoms with Gasteiger partial charge < -0.3 is 5.73 Å². The molecule has 0 amide bonds. The monoisotopic (exact) mass is 288 g/mol. The average Bonchev–Trinajstić information content (AvgIpc) is 2.38. The number of rotatable bonds is 8. The van der Waals surface area contributed by atoms with Crippen molar-refractivity contribution < 1.29 is 12.8 Å². The maximum absolute atomic E-state index is 13.2. The Labute approximate surface area is 114 Å². The fraction of sp³-hybridized carbons (Fsp3) is 0.538. The molecule has 0 unspecified atom stereocenters. The molecule has 1 aromatic carbocycles. The Bertz CT molecular complexity index is 503. The molecule has 108 valence electrons. The van der Waals surface area contributed by atoms with Gasteiger partial charge in [-0.15, -0.1) is 0 Å². The van der Waals surface area contributed by atoms with E-state index < -0.39 is 15.8 Å². The molecule has 1 rings (SSSR count). The zero-order chi connectivity index (χ0) is 14.3. The van der Waals surface area contributed by atoms with E-state index >= 15 is 0 Å². The molecule has 0 aliphatic rings. The Morgan fingerprint density at radius 3 is 2.63 bits per heavy atom. The van der Waals surface area contributed by atoms with Gasteiger partial charge in [-0.05, 0) is 24.1 Å². The highest BCUT2D eigenvalue weighted by Gasteiger charge is 2.18. The van der Waals surface area contributed by atoms with E-state index in [1.165, 1.54) is 12.1 Å². The van der Waals surface area contributed by atoms with Crippen molar-refractivity contribution in [1.82, 2.24) is 4.72 Å². The number of hydrogen-bond acceptors (Lipinski definition) is 3. The van der Waals surface area contributed by atoms with Gasteiger partial charge >= 0.3 is 0 Å². The van der Waals surface area contributed by atoms with E-state index in [1.807, 2.05) is 0 Å². The molecular formula is C13H21FN2O2S. The number of nitrogens with two attached hydrogens (primary N) is 1. The third-order valence-electron chi connectivity index (χ3n) is 2.86. The lowest BCUT2D eigenvalue weighted by Gasteiger charge is -2.10. The highest BCUT2D eigenvalue weighted by molar-refractivity contribution is 7.89. The highest BCUT2D eigenvalue weighted by atomic mass is 32.2. The maximum atomic E-state index is 13.2. The first kappa shape index (κ1) is 16.1. The number of nitrogens with one attached hydrogen (secondary N) is 1. The van der Waals surface area contributed by atoms with Crippen LogP contribution in [0.5, 0.6) is 0 Å². The smallest absolute Gasteiger partial charge is 0.240 e. The van der Waals surface area contributed by atoms with Crippen LogP contribution in [0.3, 0.4) is 0 Å². The van der Waals surface area contributed by atoms with Gasteiger partial charge in [0.15, 0.2) is 0 Å². The number of sulfonamides is 1. The zero-order valence-electron chi connectivity index (χ0n) is 11.2. The average molecular weight is 288 g/mol. The number of hydrogen-bond donors (Lipinski definition) is 2. The van der Waals surface area contributed by atoms with Crippen LogP contribution >= 0.6 is 0 Å². The van der Waals surface area contributed by atoms with E-state index in [2.05, 4.69) is 11.6 Å². The van der Waals surface area contributed by atoms with Crippen LogP contribution in [0.4, 0.5) is 4.39 Å². The fourth-order valence-electron chi connectivity index (χ4n) is 1.78. The van der Waals surface area contributed by atoms with Crippen LogP contribution in [0.25, 0.3) is 0 Å². The van der Waals surface area contributed by atoms with Gasteiger partial charge in [0.05, 0.1) is 4.90 Å². The van der Waals surface area contributed by atoms with Gasteiger partial charge in [-0.2, -0.15) is 0 Å². The molecule has 0 spiro atoms. The topological polar surface area (TPSA) is 72.2 Å². The molecule has 0 radical (unpaired) electrons. The molecule has 0 heterocycles. The van der Waals surface area contributed by atoms with Crippen LogP contribution in [-0.2, 0) is 16.6 Å². The fourth-order valence-corrected chi connectivity index (χ4v) is 3.12. The minimum atomic E-state index is -3.68. The van der Waals surface area contributed by atoms with Crippen molar-refractivity contribution >= 4 is 10.0 Å². The lowest BCUT2D eigenvalue weighted by molar-refractivity contribution is 0.569. The summed E-state index contributed by atoms with van der Waals surface area (Å²) in [4.78, 5) is -0.0644. The van der Waals surface area contributed by atoms with Gasteiger partial charge in [-0.3, -0.25) is 0 Å². The van der Waals surface area contributed by atoms with Crippen LogP contribution in [0, 0.1) is 5.82 Å². The number of unbranched alkanes of at least 4 members (excludes halogenated alkanes) is 3. The van der Waals surface area contributed by atoms with Crippen LogP contribution in [-0.4, -0.2) is 15.0 Å². The normalized spacial score (nSPS) is 11.7. The second-order valence-electron chi connectivity index (χ2n) is 4.41. The molecule has 19 heavy (non-hydrogen) atoms. The quantitative estimate of drug-likeness (QED) is 0.720. The largest absolute Gasteiger partial charge is 0.326 e. The SMILES string of the molecule is CCCCCCNS(=O)(=O)c1cc(F)ccc1CN. The minimum absolute atomic E-state index is 0.0619.